The molecule has 0 aromatic heterocycles. The van der Waals surface area contributed by atoms with Crippen molar-refractivity contribution >= 4 is 22.0 Å². The molecule has 1 aliphatic heterocycles. The first-order valence-electron chi connectivity index (χ1n) is 8.58. The van der Waals surface area contributed by atoms with Gasteiger partial charge in [-0.05, 0) is 37.5 Å². The van der Waals surface area contributed by atoms with Crippen molar-refractivity contribution < 1.29 is 17.9 Å². The zero-order valence-corrected chi connectivity index (χ0v) is 16.0. The lowest BCUT2D eigenvalue weighted by molar-refractivity contribution is -0.146. The van der Waals surface area contributed by atoms with Crippen molar-refractivity contribution in [1.29, 1.82) is 0 Å². The summed E-state index contributed by atoms with van der Waals surface area (Å²) >= 11 is 0. The van der Waals surface area contributed by atoms with Gasteiger partial charge in [0.05, 0.1) is 24.5 Å². The number of hydrogen-bond donors (Lipinski definition) is 2. The maximum Gasteiger partial charge on any atom is 0.308 e. The van der Waals surface area contributed by atoms with Crippen LogP contribution in [0.15, 0.2) is 34.2 Å². The largest absolute Gasteiger partial charge is 0.469 e. The van der Waals surface area contributed by atoms with Gasteiger partial charge < -0.3 is 15.0 Å². The number of hydrogen-bond acceptors (Lipinski definition) is 5. The van der Waals surface area contributed by atoms with Crippen LogP contribution >= 0.6 is 0 Å². The van der Waals surface area contributed by atoms with Crippen LogP contribution in [0.4, 0.5) is 0 Å². The van der Waals surface area contributed by atoms with Crippen LogP contribution in [0.5, 0.6) is 0 Å². The van der Waals surface area contributed by atoms with Crippen molar-refractivity contribution in [2.45, 2.75) is 31.2 Å². The number of primary sulfonamides is 1. The Labute approximate surface area is 154 Å². The zero-order valence-electron chi connectivity index (χ0n) is 15.1. The van der Waals surface area contributed by atoms with Gasteiger partial charge in [0.1, 0.15) is 0 Å². The van der Waals surface area contributed by atoms with E-state index in [0.29, 0.717) is 26.2 Å². The highest BCUT2D eigenvalue weighted by Crippen LogP contribution is 2.19. The van der Waals surface area contributed by atoms with E-state index in [1.165, 1.54) is 19.2 Å². The Morgan fingerprint density at radius 1 is 1.38 bits per heavy atom. The Hall–Kier alpha value is -2.13. The molecule has 26 heavy (non-hydrogen) atoms. The quantitative estimate of drug-likeness (QED) is 0.440. The Balaban J connectivity index is 2.07. The van der Waals surface area contributed by atoms with Gasteiger partial charge in [-0.3, -0.25) is 4.79 Å². The number of nitrogens with one attached hydrogen (secondary N) is 1. The number of rotatable bonds is 5. The van der Waals surface area contributed by atoms with Crippen molar-refractivity contribution in [2.75, 3.05) is 26.7 Å². The topological polar surface area (TPSA) is 114 Å². The summed E-state index contributed by atoms with van der Waals surface area (Å²) in [5, 5.41) is 8.42. The molecule has 1 aromatic carbocycles. The number of sulfonamides is 1. The summed E-state index contributed by atoms with van der Waals surface area (Å²) in [5.41, 5.74) is 0.761. The molecule has 1 aliphatic rings. The number of carbonyl (C=O) groups excluding carboxylic acids is 1. The fourth-order valence-electron chi connectivity index (χ4n) is 2.91. The van der Waals surface area contributed by atoms with Gasteiger partial charge in [0.25, 0.3) is 0 Å². The maximum atomic E-state index is 11.6. The first-order valence-corrected chi connectivity index (χ1v) is 10.1. The second-order valence-corrected chi connectivity index (χ2v) is 7.71. The number of nitrogens with two attached hydrogens (primary N) is 1. The summed E-state index contributed by atoms with van der Waals surface area (Å²) in [7, 11) is -2.32. The van der Waals surface area contributed by atoms with Crippen LogP contribution in [0, 0.1) is 5.92 Å². The van der Waals surface area contributed by atoms with Crippen molar-refractivity contribution in [3.8, 4) is 0 Å². The summed E-state index contributed by atoms with van der Waals surface area (Å²) in [5.74, 6) is 0.522. The smallest absolute Gasteiger partial charge is 0.308 e. The van der Waals surface area contributed by atoms with E-state index in [1.807, 2.05) is 13.0 Å². The number of piperidine rings is 1. The van der Waals surface area contributed by atoms with E-state index in [9.17, 15) is 13.2 Å². The van der Waals surface area contributed by atoms with E-state index in [2.05, 4.69) is 15.2 Å². The van der Waals surface area contributed by atoms with Gasteiger partial charge in [0.15, 0.2) is 5.96 Å². The normalized spacial score (nSPS) is 16.4. The molecule has 1 fully saturated rings. The molecule has 1 saturated heterocycles. The molecule has 0 spiro atoms. The lowest BCUT2D eigenvalue weighted by Crippen LogP contribution is -2.46. The van der Waals surface area contributed by atoms with Gasteiger partial charge >= 0.3 is 5.97 Å². The molecule has 0 saturated carbocycles. The summed E-state index contributed by atoms with van der Waals surface area (Å²) in [4.78, 5) is 18.4. The molecule has 144 valence electrons. The molecule has 8 nitrogen and oxygen atoms in total. The lowest BCUT2D eigenvalue weighted by Gasteiger charge is -2.33. The SMILES string of the molecule is CCNC(=NCc1cccc(S(N)(=O)=O)c1)N1CCC(C(=O)OC)CC1. The zero-order chi connectivity index (χ0) is 19.2. The van der Waals surface area contributed by atoms with Gasteiger partial charge in [-0.15, -0.1) is 0 Å². The Morgan fingerprint density at radius 3 is 2.65 bits per heavy atom. The molecule has 0 atom stereocenters. The molecule has 0 aliphatic carbocycles. The van der Waals surface area contributed by atoms with Crippen LogP contribution < -0.4 is 10.5 Å². The second kappa shape index (κ2) is 9.00. The van der Waals surface area contributed by atoms with Crippen LogP contribution in [0.1, 0.15) is 25.3 Å². The van der Waals surface area contributed by atoms with E-state index in [-0.39, 0.29) is 16.8 Å². The molecular formula is C17H26N4O4S. The molecule has 2 rings (SSSR count). The number of methoxy groups -OCH3 is 1. The second-order valence-electron chi connectivity index (χ2n) is 6.15. The monoisotopic (exact) mass is 382 g/mol. The maximum absolute atomic E-state index is 11.6. The predicted octanol–water partition coefficient (Wildman–Crippen LogP) is 0.685. The number of likely N-dealkylation sites (tertiary alicyclic amines) is 1. The highest BCUT2D eigenvalue weighted by molar-refractivity contribution is 7.89. The minimum absolute atomic E-state index is 0.0643. The van der Waals surface area contributed by atoms with Crippen LogP contribution in [0.2, 0.25) is 0 Å². The average Bonchev–Trinajstić information content (AvgIpc) is 2.64. The first-order chi connectivity index (χ1) is 12.3. The molecule has 3 N–H and O–H groups in total. The van der Waals surface area contributed by atoms with E-state index in [0.717, 1.165) is 24.4 Å². The number of benzene rings is 1. The standard InChI is InChI=1S/C17H26N4O4S/c1-3-19-17(21-9-7-14(8-10-21)16(22)25-2)20-12-13-5-4-6-15(11-13)26(18,23)24/h4-6,11,14H,3,7-10,12H2,1-2H3,(H,19,20)(H2,18,23,24). The minimum Gasteiger partial charge on any atom is -0.469 e. The molecule has 1 aromatic rings. The van der Waals surface area contributed by atoms with Gasteiger partial charge in [-0.25, -0.2) is 18.5 Å². The number of ether oxygens (including phenoxy) is 1. The number of guanidine groups is 1. The van der Waals surface area contributed by atoms with Crippen molar-refractivity contribution in [2.24, 2.45) is 16.0 Å². The summed E-state index contributed by atoms with van der Waals surface area (Å²) in [6.07, 6.45) is 1.44. The van der Waals surface area contributed by atoms with Crippen molar-refractivity contribution in [1.82, 2.24) is 10.2 Å². The van der Waals surface area contributed by atoms with Crippen molar-refractivity contribution in [3.63, 3.8) is 0 Å². The summed E-state index contributed by atoms with van der Waals surface area (Å²) in [6.45, 7) is 4.46. The van der Waals surface area contributed by atoms with Gasteiger partial charge in [-0.1, -0.05) is 12.1 Å². The number of nitrogens with zero attached hydrogens (tertiary/aromatic N) is 2. The number of aliphatic imine (C=N–C) groups is 1. The van der Waals surface area contributed by atoms with Gasteiger partial charge in [-0.2, -0.15) is 0 Å². The number of esters is 1. The van der Waals surface area contributed by atoms with Crippen LogP contribution in [-0.2, 0) is 26.1 Å². The van der Waals surface area contributed by atoms with Crippen molar-refractivity contribution in [3.05, 3.63) is 29.8 Å². The Kier molecular flexibility index (Phi) is 6.98. The molecule has 0 amide bonds. The van der Waals surface area contributed by atoms with Crippen LogP contribution in [0.3, 0.4) is 0 Å². The molecule has 1 heterocycles. The van der Waals surface area contributed by atoms with Crippen LogP contribution in [0.25, 0.3) is 0 Å². The molecule has 0 bridgehead atoms. The number of carbonyl (C=O) groups is 1. The molecule has 0 radical (unpaired) electrons. The highest BCUT2D eigenvalue weighted by Gasteiger charge is 2.26. The Morgan fingerprint density at radius 2 is 2.08 bits per heavy atom. The average molecular weight is 382 g/mol. The van der Waals surface area contributed by atoms with Crippen LogP contribution in [-0.4, -0.2) is 52.0 Å². The Bertz CT molecular complexity index is 756. The van der Waals surface area contributed by atoms with E-state index in [1.54, 1.807) is 6.07 Å². The molecular weight excluding hydrogens is 356 g/mol. The summed E-state index contributed by atoms with van der Waals surface area (Å²) in [6, 6.07) is 6.46. The molecule has 0 unspecified atom stereocenters. The minimum atomic E-state index is -3.73. The third kappa shape index (κ3) is 5.43. The third-order valence-corrected chi connectivity index (χ3v) is 5.21. The fraction of sp³-hybridized carbons (Fsp3) is 0.529. The molecule has 9 heteroatoms. The van der Waals surface area contributed by atoms with E-state index >= 15 is 0 Å². The van der Waals surface area contributed by atoms with E-state index in [4.69, 9.17) is 9.88 Å². The van der Waals surface area contributed by atoms with E-state index < -0.39 is 10.0 Å². The highest BCUT2D eigenvalue weighted by atomic mass is 32.2. The first kappa shape index (κ1) is 20.2. The summed E-state index contributed by atoms with van der Waals surface area (Å²) < 4.78 is 27.7. The third-order valence-electron chi connectivity index (χ3n) is 4.30. The van der Waals surface area contributed by atoms with Gasteiger partial charge in [0, 0.05) is 19.6 Å². The predicted molar refractivity (Wildman–Crippen MR) is 98.9 cm³/mol. The van der Waals surface area contributed by atoms with Gasteiger partial charge in [0.2, 0.25) is 10.0 Å². The lowest BCUT2D eigenvalue weighted by atomic mass is 9.97. The fourth-order valence-corrected chi connectivity index (χ4v) is 3.49.